The Morgan fingerprint density at radius 1 is 1.24 bits per heavy atom. The number of para-hydroxylation sites is 1. The van der Waals surface area contributed by atoms with Gasteiger partial charge in [-0.05, 0) is 31.5 Å². The van der Waals surface area contributed by atoms with Crippen LogP contribution >= 0.6 is 11.6 Å². The summed E-state index contributed by atoms with van der Waals surface area (Å²) in [6, 6.07) is 11.9. The molecule has 0 aliphatic heterocycles. The van der Waals surface area contributed by atoms with E-state index in [1.54, 1.807) is 12.1 Å². The topological polar surface area (TPSA) is 47.3 Å². The van der Waals surface area contributed by atoms with Gasteiger partial charge in [0.2, 0.25) is 0 Å². The number of hydrazine groups is 1. The highest BCUT2D eigenvalue weighted by Gasteiger charge is 2.18. The summed E-state index contributed by atoms with van der Waals surface area (Å²) in [7, 11) is 0. The Morgan fingerprint density at radius 2 is 2.00 bits per heavy atom. The molecule has 0 heterocycles. The van der Waals surface area contributed by atoms with Gasteiger partial charge in [-0.1, -0.05) is 35.9 Å². The highest BCUT2D eigenvalue weighted by molar-refractivity contribution is 6.31. The average molecular weight is 309 g/mol. The Morgan fingerprint density at radius 3 is 2.67 bits per heavy atom. The molecule has 0 bridgehead atoms. The van der Waals surface area contributed by atoms with E-state index in [2.05, 4.69) is 5.43 Å². The maximum atomic E-state index is 13.9. The van der Waals surface area contributed by atoms with Crippen LogP contribution in [0.15, 0.2) is 42.5 Å². The Balaban J connectivity index is 2.32. The molecule has 21 heavy (non-hydrogen) atoms. The summed E-state index contributed by atoms with van der Waals surface area (Å²) in [6.45, 7) is 2.46. The third-order valence-electron chi connectivity index (χ3n) is 3.27. The molecular weight excluding hydrogens is 291 g/mol. The van der Waals surface area contributed by atoms with Gasteiger partial charge in [-0.15, -0.1) is 0 Å². The maximum absolute atomic E-state index is 13.9. The molecule has 112 valence electrons. The molecule has 0 aliphatic rings. The fourth-order valence-corrected chi connectivity index (χ4v) is 2.49. The van der Waals surface area contributed by atoms with E-state index in [0.717, 1.165) is 11.3 Å². The van der Waals surface area contributed by atoms with E-state index < -0.39 is 0 Å². The third kappa shape index (κ3) is 3.73. The van der Waals surface area contributed by atoms with Gasteiger partial charge >= 0.3 is 0 Å². The predicted molar refractivity (Wildman–Crippen MR) is 82.8 cm³/mol. The van der Waals surface area contributed by atoms with Crippen LogP contribution in [0, 0.1) is 5.82 Å². The van der Waals surface area contributed by atoms with Gasteiger partial charge in [0.25, 0.3) is 0 Å². The largest absolute Gasteiger partial charge is 0.494 e. The van der Waals surface area contributed by atoms with Crippen LogP contribution in [0.2, 0.25) is 5.02 Å². The second-order valence-corrected chi connectivity index (χ2v) is 5.00. The molecule has 0 amide bonds. The molecule has 0 spiro atoms. The Bertz CT molecular complexity index is 586. The van der Waals surface area contributed by atoms with Crippen molar-refractivity contribution in [2.24, 2.45) is 5.84 Å². The minimum absolute atomic E-state index is 0.290. The first-order valence-corrected chi connectivity index (χ1v) is 7.16. The number of hydrogen-bond acceptors (Lipinski definition) is 3. The van der Waals surface area contributed by atoms with Crippen molar-refractivity contribution >= 4 is 11.6 Å². The van der Waals surface area contributed by atoms with Gasteiger partial charge in [0.15, 0.2) is 0 Å². The second kappa shape index (κ2) is 7.41. The number of nitrogens with two attached hydrogens (primary N) is 1. The molecule has 0 saturated carbocycles. The van der Waals surface area contributed by atoms with Crippen LogP contribution in [0.25, 0.3) is 0 Å². The zero-order valence-electron chi connectivity index (χ0n) is 11.8. The fourth-order valence-electron chi connectivity index (χ4n) is 2.25. The van der Waals surface area contributed by atoms with Crippen molar-refractivity contribution in [3.8, 4) is 5.75 Å². The first kappa shape index (κ1) is 15.8. The monoisotopic (exact) mass is 308 g/mol. The van der Waals surface area contributed by atoms with Crippen LogP contribution in [-0.2, 0) is 6.42 Å². The zero-order chi connectivity index (χ0) is 15.2. The van der Waals surface area contributed by atoms with Gasteiger partial charge in [-0.3, -0.25) is 11.3 Å². The van der Waals surface area contributed by atoms with Crippen LogP contribution in [0.4, 0.5) is 4.39 Å². The Labute approximate surface area is 128 Å². The summed E-state index contributed by atoms with van der Waals surface area (Å²) in [4.78, 5) is 0. The number of rotatable bonds is 6. The van der Waals surface area contributed by atoms with Crippen molar-refractivity contribution < 1.29 is 9.13 Å². The molecule has 2 rings (SSSR count). The molecule has 3 N–H and O–H groups in total. The molecular formula is C16H18ClFN2O. The van der Waals surface area contributed by atoms with Crippen molar-refractivity contribution in [3.63, 3.8) is 0 Å². The van der Waals surface area contributed by atoms with Gasteiger partial charge < -0.3 is 4.74 Å². The summed E-state index contributed by atoms with van der Waals surface area (Å²) in [6.07, 6.45) is 0.339. The molecule has 1 atom stereocenters. The summed E-state index contributed by atoms with van der Waals surface area (Å²) in [5, 5.41) is 0.393. The third-order valence-corrected chi connectivity index (χ3v) is 3.62. The van der Waals surface area contributed by atoms with E-state index >= 15 is 0 Å². The van der Waals surface area contributed by atoms with Crippen LogP contribution in [0.5, 0.6) is 5.75 Å². The first-order chi connectivity index (χ1) is 10.2. The lowest BCUT2D eigenvalue weighted by Crippen LogP contribution is -2.30. The SMILES string of the molecule is CCOc1ccccc1C(Cc1c(F)cccc1Cl)NN. The van der Waals surface area contributed by atoms with E-state index in [9.17, 15) is 4.39 Å². The maximum Gasteiger partial charge on any atom is 0.127 e. The standard InChI is InChI=1S/C16H18ClFN2O/c1-2-21-16-9-4-3-6-11(16)15(20-19)10-12-13(17)7-5-8-14(12)18/h3-9,15,20H,2,10,19H2,1H3. The molecule has 1 unspecified atom stereocenters. The molecule has 0 aliphatic carbocycles. The Kier molecular flexibility index (Phi) is 5.56. The lowest BCUT2D eigenvalue weighted by Gasteiger charge is -2.20. The lowest BCUT2D eigenvalue weighted by molar-refractivity contribution is 0.331. The van der Waals surface area contributed by atoms with Gasteiger partial charge in [-0.2, -0.15) is 0 Å². The molecule has 0 aromatic heterocycles. The highest BCUT2D eigenvalue weighted by atomic mass is 35.5. The van der Waals surface area contributed by atoms with Crippen LogP contribution in [0.1, 0.15) is 24.1 Å². The minimum Gasteiger partial charge on any atom is -0.494 e. The number of ether oxygens (including phenoxy) is 1. The first-order valence-electron chi connectivity index (χ1n) is 6.78. The lowest BCUT2D eigenvalue weighted by atomic mass is 9.98. The highest BCUT2D eigenvalue weighted by Crippen LogP contribution is 2.30. The molecule has 2 aromatic carbocycles. The molecule has 2 aromatic rings. The van der Waals surface area contributed by atoms with E-state index in [-0.39, 0.29) is 11.9 Å². The minimum atomic E-state index is -0.336. The van der Waals surface area contributed by atoms with E-state index in [4.69, 9.17) is 22.2 Å². The van der Waals surface area contributed by atoms with E-state index in [1.165, 1.54) is 6.07 Å². The van der Waals surface area contributed by atoms with E-state index in [0.29, 0.717) is 23.6 Å². The number of hydrogen-bond donors (Lipinski definition) is 2. The van der Waals surface area contributed by atoms with Crippen molar-refractivity contribution in [1.29, 1.82) is 0 Å². The van der Waals surface area contributed by atoms with Crippen LogP contribution < -0.4 is 16.0 Å². The van der Waals surface area contributed by atoms with Crippen LogP contribution in [-0.4, -0.2) is 6.61 Å². The molecule has 0 radical (unpaired) electrons. The van der Waals surface area contributed by atoms with Crippen molar-refractivity contribution in [2.75, 3.05) is 6.61 Å². The van der Waals surface area contributed by atoms with Crippen molar-refractivity contribution in [3.05, 3.63) is 64.4 Å². The summed E-state index contributed by atoms with van der Waals surface area (Å²) in [5.74, 6) is 6.04. The van der Waals surface area contributed by atoms with Crippen molar-refractivity contribution in [2.45, 2.75) is 19.4 Å². The summed E-state index contributed by atoms with van der Waals surface area (Å²) >= 11 is 6.08. The second-order valence-electron chi connectivity index (χ2n) is 4.59. The van der Waals surface area contributed by atoms with Gasteiger partial charge in [0.1, 0.15) is 11.6 Å². The van der Waals surface area contributed by atoms with Crippen molar-refractivity contribution in [1.82, 2.24) is 5.43 Å². The molecule has 3 nitrogen and oxygen atoms in total. The number of halogens is 2. The Hall–Kier alpha value is -1.62. The zero-order valence-corrected chi connectivity index (χ0v) is 12.5. The molecule has 0 saturated heterocycles. The quantitative estimate of drug-likeness (QED) is 0.633. The van der Waals surface area contributed by atoms with Gasteiger partial charge in [0, 0.05) is 16.1 Å². The smallest absolute Gasteiger partial charge is 0.127 e. The number of nitrogens with one attached hydrogen (secondary N) is 1. The van der Waals surface area contributed by atoms with Gasteiger partial charge in [-0.25, -0.2) is 4.39 Å². The summed E-state index contributed by atoms with van der Waals surface area (Å²) < 4.78 is 19.5. The van der Waals surface area contributed by atoms with Crippen LogP contribution in [0.3, 0.4) is 0 Å². The fraction of sp³-hybridized carbons (Fsp3) is 0.250. The predicted octanol–water partition coefficient (Wildman–Crippen LogP) is 3.62. The molecule has 5 heteroatoms. The number of benzene rings is 2. The van der Waals surface area contributed by atoms with E-state index in [1.807, 2.05) is 31.2 Å². The average Bonchev–Trinajstić information content (AvgIpc) is 2.48. The van der Waals surface area contributed by atoms with Gasteiger partial charge in [0.05, 0.1) is 12.6 Å². The molecule has 0 fully saturated rings. The summed E-state index contributed by atoms with van der Waals surface area (Å²) in [5.41, 5.74) is 4.03. The normalized spacial score (nSPS) is 12.2.